The molecule has 0 unspecified atom stereocenters. The smallest absolute Gasteiger partial charge is 0.252 e. The zero-order chi connectivity index (χ0) is 10.9. The van der Waals surface area contributed by atoms with Crippen molar-refractivity contribution in [1.82, 2.24) is 0 Å². The van der Waals surface area contributed by atoms with E-state index in [1.54, 1.807) is 0 Å². The molecule has 0 N–H and O–H groups in total. The van der Waals surface area contributed by atoms with Crippen LogP contribution in [0.25, 0.3) is 0 Å². The summed E-state index contributed by atoms with van der Waals surface area (Å²) in [5, 5.41) is -0.870. The maximum atomic E-state index is 12.8. The summed E-state index contributed by atoms with van der Waals surface area (Å²) in [6.45, 7) is 0. The molecule has 0 amide bonds. The number of hydrogen-bond donors (Lipinski definition) is 0. The van der Waals surface area contributed by atoms with Crippen LogP contribution in [0.5, 0.6) is 0 Å². The van der Waals surface area contributed by atoms with Gasteiger partial charge in [0.25, 0.3) is 5.24 Å². The second-order valence-corrected chi connectivity index (χ2v) is 5.09. The highest BCUT2D eigenvalue weighted by molar-refractivity contribution is 6.70. The van der Waals surface area contributed by atoms with Gasteiger partial charge in [0, 0.05) is 11.1 Å². The highest BCUT2D eigenvalue weighted by Crippen LogP contribution is 2.40. The van der Waals surface area contributed by atoms with Gasteiger partial charge in [0.05, 0.1) is 0 Å². The van der Waals surface area contributed by atoms with E-state index in [1.807, 2.05) is 0 Å². The Bertz CT molecular complexity index is 372. The second kappa shape index (κ2) is 4.23. The van der Waals surface area contributed by atoms with Crippen LogP contribution in [0.3, 0.4) is 0 Å². The van der Waals surface area contributed by atoms with Crippen molar-refractivity contribution in [1.29, 1.82) is 0 Å². The average Bonchev–Trinajstić information content (AvgIpc) is 2.01. The third-order valence-corrected chi connectivity index (χ3v) is 2.31. The first kappa shape index (κ1) is 12.1. The van der Waals surface area contributed by atoms with Crippen molar-refractivity contribution < 1.29 is 9.18 Å². The van der Waals surface area contributed by atoms with E-state index >= 15 is 0 Å². The second-order valence-electron chi connectivity index (χ2n) is 2.46. The lowest BCUT2D eigenvalue weighted by molar-refractivity contribution is 0.108. The first-order chi connectivity index (χ1) is 6.32. The van der Waals surface area contributed by atoms with E-state index in [2.05, 4.69) is 0 Å². The van der Waals surface area contributed by atoms with Crippen LogP contribution in [0.4, 0.5) is 4.39 Å². The van der Waals surface area contributed by atoms with Gasteiger partial charge in [-0.15, -0.1) is 0 Å². The molecule has 1 rings (SSSR count). The molecule has 0 aliphatic carbocycles. The number of hydrogen-bond acceptors (Lipinski definition) is 1. The molecule has 0 heterocycles. The van der Waals surface area contributed by atoms with Gasteiger partial charge in [0.2, 0.25) is 3.79 Å². The van der Waals surface area contributed by atoms with Crippen molar-refractivity contribution in [2.75, 3.05) is 0 Å². The summed E-state index contributed by atoms with van der Waals surface area (Å²) >= 11 is 21.9. The minimum absolute atomic E-state index is 0.0592. The van der Waals surface area contributed by atoms with E-state index in [0.29, 0.717) is 0 Å². The van der Waals surface area contributed by atoms with Gasteiger partial charge in [0.1, 0.15) is 5.82 Å². The van der Waals surface area contributed by atoms with Gasteiger partial charge in [-0.25, -0.2) is 4.39 Å². The van der Waals surface area contributed by atoms with Gasteiger partial charge in [-0.05, 0) is 23.7 Å². The first-order valence-electron chi connectivity index (χ1n) is 3.39. The van der Waals surface area contributed by atoms with E-state index in [0.717, 1.165) is 12.1 Å². The molecule has 0 aliphatic heterocycles. The Labute approximate surface area is 99.7 Å². The predicted octanol–water partition coefficient (Wildman–Crippen LogP) is 4.03. The topological polar surface area (TPSA) is 17.1 Å². The summed E-state index contributed by atoms with van der Waals surface area (Å²) in [7, 11) is 0. The molecule has 1 nitrogen and oxygen atoms in total. The van der Waals surface area contributed by atoms with Crippen LogP contribution in [0, 0.1) is 5.82 Å². The molecule has 1 aromatic rings. The minimum atomic E-state index is -1.80. The van der Waals surface area contributed by atoms with E-state index in [9.17, 15) is 9.18 Å². The van der Waals surface area contributed by atoms with Crippen molar-refractivity contribution in [3.05, 3.63) is 35.1 Å². The number of benzene rings is 1. The molecule has 0 aromatic heterocycles. The molecule has 76 valence electrons. The van der Waals surface area contributed by atoms with Crippen LogP contribution in [-0.2, 0) is 3.79 Å². The molecule has 0 saturated heterocycles. The Morgan fingerprint density at radius 1 is 1.29 bits per heavy atom. The summed E-state index contributed by atoms with van der Waals surface area (Å²) in [5.41, 5.74) is -0.0874. The number of rotatable bonds is 1. The number of halogens is 5. The SMILES string of the molecule is O=C(Cl)c1cc(F)ccc1C(Cl)(Cl)Cl. The summed E-state index contributed by atoms with van der Waals surface area (Å²) in [6, 6.07) is 3.21. The third-order valence-electron chi connectivity index (χ3n) is 1.50. The summed E-state index contributed by atoms with van der Waals surface area (Å²) in [6.07, 6.45) is 0. The van der Waals surface area contributed by atoms with Gasteiger partial charge >= 0.3 is 0 Å². The van der Waals surface area contributed by atoms with E-state index in [1.165, 1.54) is 6.07 Å². The van der Waals surface area contributed by atoms with E-state index in [-0.39, 0.29) is 11.1 Å². The Kier molecular flexibility index (Phi) is 3.64. The van der Waals surface area contributed by atoms with Crippen LogP contribution >= 0.6 is 46.4 Å². The van der Waals surface area contributed by atoms with Crippen LogP contribution in [0.15, 0.2) is 18.2 Å². The van der Waals surface area contributed by atoms with Crippen LogP contribution < -0.4 is 0 Å². The minimum Gasteiger partial charge on any atom is -0.276 e. The highest BCUT2D eigenvalue weighted by Gasteiger charge is 2.28. The Balaban J connectivity index is 3.37. The molecule has 0 aliphatic rings. The molecule has 0 radical (unpaired) electrons. The molecule has 1 aromatic carbocycles. The fourth-order valence-corrected chi connectivity index (χ4v) is 1.58. The molecule has 6 heteroatoms. The zero-order valence-electron chi connectivity index (χ0n) is 6.53. The van der Waals surface area contributed by atoms with Crippen LogP contribution in [0.2, 0.25) is 0 Å². The Morgan fingerprint density at radius 2 is 1.86 bits per heavy atom. The Morgan fingerprint density at radius 3 is 2.29 bits per heavy atom. The average molecular weight is 276 g/mol. The quantitative estimate of drug-likeness (QED) is 0.559. The van der Waals surface area contributed by atoms with Crippen molar-refractivity contribution in [2.24, 2.45) is 0 Å². The zero-order valence-corrected chi connectivity index (χ0v) is 9.55. The van der Waals surface area contributed by atoms with Gasteiger partial charge in [0.15, 0.2) is 0 Å². The summed E-state index contributed by atoms with van der Waals surface area (Å²) < 4.78 is 11.0. The monoisotopic (exact) mass is 274 g/mol. The maximum absolute atomic E-state index is 12.8. The molecule has 0 saturated carbocycles. The van der Waals surface area contributed by atoms with E-state index in [4.69, 9.17) is 46.4 Å². The molecule has 14 heavy (non-hydrogen) atoms. The molecule has 0 bridgehead atoms. The largest absolute Gasteiger partial charge is 0.276 e. The highest BCUT2D eigenvalue weighted by atomic mass is 35.6. The third kappa shape index (κ3) is 2.74. The lowest BCUT2D eigenvalue weighted by Crippen LogP contribution is -2.07. The summed E-state index contributed by atoms with van der Waals surface area (Å²) in [5.74, 6) is -0.619. The van der Waals surface area contributed by atoms with Gasteiger partial charge < -0.3 is 0 Å². The number of carbonyl (C=O) groups excluding carboxylic acids is 1. The summed E-state index contributed by atoms with van der Waals surface area (Å²) in [4.78, 5) is 10.9. The van der Waals surface area contributed by atoms with Crippen molar-refractivity contribution in [3.63, 3.8) is 0 Å². The van der Waals surface area contributed by atoms with Gasteiger partial charge in [-0.2, -0.15) is 0 Å². The lowest BCUT2D eigenvalue weighted by atomic mass is 10.1. The van der Waals surface area contributed by atoms with Gasteiger partial charge in [-0.3, -0.25) is 4.79 Å². The lowest BCUT2D eigenvalue weighted by Gasteiger charge is -2.13. The number of carbonyl (C=O) groups is 1. The van der Waals surface area contributed by atoms with E-state index < -0.39 is 14.9 Å². The maximum Gasteiger partial charge on any atom is 0.252 e. The standard InChI is InChI=1S/C8H3Cl4FO/c9-7(14)5-3-4(13)1-2-6(5)8(10,11)12/h1-3H. The molecule has 0 spiro atoms. The van der Waals surface area contributed by atoms with Crippen LogP contribution in [0.1, 0.15) is 15.9 Å². The molecular weight excluding hydrogens is 273 g/mol. The fraction of sp³-hybridized carbons (Fsp3) is 0.125. The van der Waals surface area contributed by atoms with Crippen molar-refractivity contribution in [3.8, 4) is 0 Å². The fourth-order valence-electron chi connectivity index (χ4n) is 0.926. The van der Waals surface area contributed by atoms with Crippen LogP contribution in [-0.4, -0.2) is 5.24 Å². The van der Waals surface area contributed by atoms with Gasteiger partial charge in [-0.1, -0.05) is 40.9 Å². The molecule has 0 fully saturated rings. The Hall–Kier alpha value is -0.0200. The molecule has 0 atom stereocenters. The predicted molar refractivity (Wildman–Crippen MR) is 55.8 cm³/mol. The molecular formula is C8H3Cl4FO. The first-order valence-corrected chi connectivity index (χ1v) is 4.90. The normalized spacial score (nSPS) is 11.5. The number of alkyl halides is 3. The van der Waals surface area contributed by atoms with Crippen molar-refractivity contribution >= 4 is 51.6 Å². The van der Waals surface area contributed by atoms with Crippen molar-refractivity contribution in [2.45, 2.75) is 3.79 Å².